The third-order valence-electron chi connectivity index (χ3n) is 5.57. The molecule has 0 bridgehead atoms. The Kier molecular flexibility index (Phi) is 9.35. The van der Waals surface area contributed by atoms with Crippen LogP contribution in [0, 0.1) is 5.82 Å². The first-order valence-corrected chi connectivity index (χ1v) is 13.1. The predicted molar refractivity (Wildman–Crippen MR) is 140 cm³/mol. The second-order valence-electron chi connectivity index (χ2n) is 8.40. The van der Waals surface area contributed by atoms with Crippen molar-refractivity contribution in [2.24, 2.45) is 0 Å². The van der Waals surface area contributed by atoms with Crippen LogP contribution in [0.4, 0.5) is 10.1 Å². The van der Waals surface area contributed by atoms with Crippen molar-refractivity contribution in [3.8, 4) is 17.2 Å². The van der Waals surface area contributed by atoms with Crippen molar-refractivity contribution in [2.45, 2.75) is 24.7 Å². The van der Waals surface area contributed by atoms with E-state index in [9.17, 15) is 17.6 Å². The van der Waals surface area contributed by atoms with Gasteiger partial charge < -0.3 is 19.5 Å². The van der Waals surface area contributed by atoms with E-state index in [1.54, 1.807) is 0 Å². The Morgan fingerprint density at radius 2 is 1.62 bits per heavy atom. The maximum atomic E-state index is 13.6. The van der Waals surface area contributed by atoms with Crippen LogP contribution in [0.25, 0.3) is 0 Å². The maximum Gasteiger partial charge on any atom is 0.264 e. The highest BCUT2D eigenvalue weighted by molar-refractivity contribution is 7.92. The van der Waals surface area contributed by atoms with Crippen molar-refractivity contribution >= 4 is 21.6 Å². The third kappa shape index (κ3) is 6.91. The number of para-hydroxylation sites is 1. The van der Waals surface area contributed by atoms with Crippen LogP contribution in [-0.2, 0) is 14.8 Å². The molecule has 0 heterocycles. The molecule has 8 nitrogen and oxygen atoms in total. The molecule has 3 rings (SSSR count). The molecule has 0 aliphatic heterocycles. The lowest BCUT2D eigenvalue weighted by molar-refractivity contribution is -0.119. The average Bonchev–Trinajstić information content (AvgIpc) is 2.90. The molecule has 10 heteroatoms. The zero-order valence-corrected chi connectivity index (χ0v) is 22.0. The summed E-state index contributed by atoms with van der Waals surface area (Å²) < 4.78 is 57.8. The summed E-state index contributed by atoms with van der Waals surface area (Å²) in [5, 5.41) is 2.69. The highest BCUT2D eigenvalue weighted by Crippen LogP contribution is 2.32. The predicted octanol–water partition coefficient (Wildman–Crippen LogP) is 4.36. The smallest absolute Gasteiger partial charge is 0.264 e. The Hall–Kier alpha value is -3.79. The molecule has 3 aromatic carbocycles. The van der Waals surface area contributed by atoms with Gasteiger partial charge in [-0.05, 0) is 53.9 Å². The summed E-state index contributed by atoms with van der Waals surface area (Å²) in [6.07, 6.45) is 0. The SMILES string of the molecule is COc1ccc(S(=O)(=O)N(CC(=O)NCCOc2ccccc2C(C)C)c2ccc(F)cc2)cc1OC. The second kappa shape index (κ2) is 12.4. The van der Waals surface area contributed by atoms with Gasteiger partial charge in [0, 0.05) is 6.07 Å². The van der Waals surface area contributed by atoms with Gasteiger partial charge in [-0.3, -0.25) is 9.10 Å². The number of sulfonamides is 1. The first-order valence-electron chi connectivity index (χ1n) is 11.7. The number of carbonyl (C=O) groups excluding carboxylic acids is 1. The summed E-state index contributed by atoms with van der Waals surface area (Å²) in [4.78, 5) is 12.7. The molecular weight excluding hydrogens is 499 g/mol. The fourth-order valence-corrected chi connectivity index (χ4v) is 5.09. The summed E-state index contributed by atoms with van der Waals surface area (Å²) in [5.74, 6) is 0.495. The Morgan fingerprint density at radius 3 is 2.27 bits per heavy atom. The summed E-state index contributed by atoms with van der Waals surface area (Å²) in [6.45, 7) is 3.97. The highest BCUT2D eigenvalue weighted by atomic mass is 32.2. The molecule has 0 unspecified atom stereocenters. The molecule has 0 aliphatic carbocycles. The van der Waals surface area contributed by atoms with Crippen molar-refractivity contribution in [3.63, 3.8) is 0 Å². The number of hydrogen-bond donors (Lipinski definition) is 1. The van der Waals surface area contributed by atoms with Crippen LogP contribution in [0.5, 0.6) is 17.2 Å². The van der Waals surface area contributed by atoms with E-state index in [-0.39, 0.29) is 35.4 Å². The van der Waals surface area contributed by atoms with Gasteiger partial charge in [-0.15, -0.1) is 0 Å². The van der Waals surface area contributed by atoms with E-state index in [1.807, 2.05) is 24.3 Å². The monoisotopic (exact) mass is 530 g/mol. The number of methoxy groups -OCH3 is 2. The first-order chi connectivity index (χ1) is 17.7. The molecule has 1 N–H and O–H groups in total. The number of halogens is 1. The van der Waals surface area contributed by atoms with Crippen LogP contribution in [0.2, 0.25) is 0 Å². The molecule has 0 fully saturated rings. The number of amides is 1. The van der Waals surface area contributed by atoms with Crippen molar-refractivity contribution < 1.29 is 31.8 Å². The van der Waals surface area contributed by atoms with Crippen LogP contribution in [-0.4, -0.2) is 48.2 Å². The number of ether oxygens (including phenoxy) is 3. The fourth-order valence-electron chi connectivity index (χ4n) is 3.65. The van der Waals surface area contributed by atoms with E-state index in [0.29, 0.717) is 5.75 Å². The Bertz CT molecular complexity index is 1310. The minimum Gasteiger partial charge on any atom is -0.493 e. The summed E-state index contributed by atoms with van der Waals surface area (Å²) >= 11 is 0. The van der Waals surface area contributed by atoms with E-state index < -0.39 is 28.3 Å². The minimum absolute atomic E-state index is 0.115. The largest absolute Gasteiger partial charge is 0.493 e. The quantitative estimate of drug-likeness (QED) is 0.350. The van der Waals surface area contributed by atoms with Gasteiger partial charge in [0.25, 0.3) is 10.0 Å². The lowest BCUT2D eigenvalue weighted by atomic mass is 10.0. The molecule has 0 radical (unpaired) electrons. The summed E-state index contributed by atoms with van der Waals surface area (Å²) in [7, 11) is -1.40. The molecular formula is C27H31FN2O6S. The Balaban J connectivity index is 1.76. The molecule has 37 heavy (non-hydrogen) atoms. The molecule has 0 atom stereocenters. The molecule has 0 spiro atoms. The zero-order valence-electron chi connectivity index (χ0n) is 21.2. The minimum atomic E-state index is -4.23. The summed E-state index contributed by atoms with van der Waals surface area (Å²) in [6, 6.07) is 16.6. The van der Waals surface area contributed by atoms with Gasteiger partial charge in [0.15, 0.2) is 11.5 Å². The van der Waals surface area contributed by atoms with Crippen molar-refractivity contribution in [3.05, 3.63) is 78.1 Å². The third-order valence-corrected chi connectivity index (χ3v) is 7.34. The van der Waals surface area contributed by atoms with Gasteiger partial charge in [-0.2, -0.15) is 0 Å². The number of anilines is 1. The highest BCUT2D eigenvalue weighted by Gasteiger charge is 2.28. The number of carbonyl (C=O) groups is 1. The molecule has 3 aromatic rings. The number of rotatable bonds is 12. The molecule has 198 valence electrons. The molecule has 1 amide bonds. The molecule has 0 aromatic heterocycles. The van der Waals surface area contributed by atoms with Crippen LogP contribution in [0.3, 0.4) is 0 Å². The lowest BCUT2D eigenvalue weighted by Gasteiger charge is -2.24. The Morgan fingerprint density at radius 1 is 0.946 bits per heavy atom. The number of nitrogens with zero attached hydrogens (tertiary/aromatic N) is 1. The van der Waals surface area contributed by atoms with Gasteiger partial charge in [-0.25, -0.2) is 12.8 Å². The van der Waals surface area contributed by atoms with Crippen molar-refractivity contribution in [2.75, 3.05) is 38.2 Å². The standard InChI is InChI=1S/C27H31FN2O6S/c1-19(2)23-7-5-6-8-24(23)36-16-15-29-27(31)18-30(21-11-9-20(28)10-12-21)37(32,33)22-13-14-25(34-3)26(17-22)35-4/h5-14,17,19H,15-16,18H2,1-4H3,(H,29,31). The van der Waals surface area contributed by atoms with Crippen LogP contribution < -0.4 is 23.8 Å². The van der Waals surface area contributed by atoms with Crippen molar-refractivity contribution in [1.82, 2.24) is 5.32 Å². The van der Waals surface area contributed by atoms with E-state index in [2.05, 4.69) is 19.2 Å². The Labute approximate surface area is 217 Å². The number of benzene rings is 3. The maximum absolute atomic E-state index is 13.6. The van der Waals surface area contributed by atoms with E-state index in [0.717, 1.165) is 27.8 Å². The topological polar surface area (TPSA) is 94.2 Å². The number of hydrogen-bond acceptors (Lipinski definition) is 6. The van der Waals surface area contributed by atoms with Gasteiger partial charge >= 0.3 is 0 Å². The van der Waals surface area contributed by atoms with E-state index in [1.165, 1.54) is 44.6 Å². The van der Waals surface area contributed by atoms with E-state index in [4.69, 9.17) is 14.2 Å². The van der Waals surface area contributed by atoms with Gasteiger partial charge in [0.1, 0.15) is 24.7 Å². The van der Waals surface area contributed by atoms with Crippen LogP contribution >= 0.6 is 0 Å². The second-order valence-corrected chi connectivity index (χ2v) is 10.3. The molecule has 0 aliphatic rings. The van der Waals surface area contributed by atoms with Gasteiger partial charge in [0.05, 0.1) is 31.3 Å². The van der Waals surface area contributed by atoms with Gasteiger partial charge in [-0.1, -0.05) is 32.0 Å². The normalized spacial score (nSPS) is 11.2. The van der Waals surface area contributed by atoms with Crippen LogP contribution in [0.15, 0.2) is 71.6 Å². The van der Waals surface area contributed by atoms with E-state index >= 15 is 0 Å². The van der Waals surface area contributed by atoms with Gasteiger partial charge in [0.2, 0.25) is 5.91 Å². The number of nitrogens with one attached hydrogen (secondary N) is 1. The zero-order chi connectivity index (χ0) is 27.0. The molecule has 0 saturated carbocycles. The van der Waals surface area contributed by atoms with Crippen LogP contribution in [0.1, 0.15) is 25.3 Å². The average molecular weight is 531 g/mol. The summed E-state index contributed by atoms with van der Waals surface area (Å²) in [5.41, 5.74) is 1.19. The fraction of sp³-hybridized carbons (Fsp3) is 0.296. The van der Waals surface area contributed by atoms with Crippen molar-refractivity contribution in [1.29, 1.82) is 0 Å². The first kappa shape index (κ1) is 27.8. The lowest BCUT2D eigenvalue weighted by Crippen LogP contribution is -2.42. The molecule has 0 saturated heterocycles.